The highest BCUT2D eigenvalue weighted by Gasteiger charge is 2.31. The molecule has 0 saturated heterocycles. The van der Waals surface area contributed by atoms with Crippen LogP contribution < -0.4 is 10.1 Å². The number of hydrogen-bond acceptors (Lipinski definition) is 3. The Labute approximate surface area is 159 Å². The first-order valence-corrected chi connectivity index (χ1v) is 8.47. The van der Waals surface area contributed by atoms with Crippen LogP contribution in [0.2, 0.25) is 5.02 Å². The summed E-state index contributed by atoms with van der Waals surface area (Å²) in [4.78, 5) is 23.3. The Morgan fingerprint density at radius 1 is 1.15 bits per heavy atom. The van der Waals surface area contributed by atoms with Crippen LogP contribution in [0.3, 0.4) is 0 Å². The number of hydrogen-bond donors (Lipinski definition) is 1. The molecule has 0 bridgehead atoms. The summed E-state index contributed by atoms with van der Waals surface area (Å²) in [5.74, 6) is -0.376. The van der Waals surface area contributed by atoms with Gasteiger partial charge in [0.1, 0.15) is 12.4 Å². The number of rotatable bonds is 7. The second kappa shape index (κ2) is 8.90. The Morgan fingerprint density at radius 2 is 1.89 bits per heavy atom. The van der Waals surface area contributed by atoms with Gasteiger partial charge in [-0.2, -0.15) is 13.2 Å². The summed E-state index contributed by atoms with van der Waals surface area (Å²) in [5.41, 5.74) is 0.110. The maximum Gasteiger partial charge on any atom is 0.416 e. The van der Waals surface area contributed by atoms with E-state index in [-0.39, 0.29) is 29.7 Å². The minimum Gasteiger partial charge on any atom is -0.487 e. The molecular weight excluding hydrogens is 383 g/mol. The van der Waals surface area contributed by atoms with Gasteiger partial charge in [0.2, 0.25) is 0 Å². The van der Waals surface area contributed by atoms with Crippen molar-refractivity contribution < 1.29 is 27.5 Å². The third-order valence-corrected chi connectivity index (χ3v) is 3.98. The molecule has 0 fully saturated rings. The van der Waals surface area contributed by atoms with Crippen molar-refractivity contribution in [3.8, 4) is 5.75 Å². The quantitative estimate of drug-likeness (QED) is 0.737. The number of amides is 1. The van der Waals surface area contributed by atoms with Gasteiger partial charge < -0.3 is 10.1 Å². The number of halogens is 4. The SMILES string of the molecule is CCC(=O)CNC(=O)c1cccc(COc2ccc(C(F)(F)F)cc2Cl)c1. The minimum absolute atomic E-state index is 0.0140. The summed E-state index contributed by atoms with van der Waals surface area (Å²) in [5, 5.41) is 2.37. The monoisotopic (exact) mass is 399 g/mol. The molecule has 0 saturated carbocycles. The van der Waals surface area contributed by atoms with Crippen LogP contribution in [-0.2, 0) is 17.6 Å². The lowest BCUT2D eigenvalue weighted by Gasteiger charge is -2.12. The van der Waals surface area contributed by atoms with Crippen molar-refractivity contribution >= 4 is 23.3 Å². The molecule has 1 amide bonds. The molecule has 27 heavy (non-hydrogen) atoms. The molecule has 2 aromatic rings. The average molecular weight is 400 g/mol. The molecule has 0 aliphatic carbocycles. The van der Waals surface area contributed by atoms with Crippen LogP contribution in [0.5, 0.6) is 5.75 Å². The predicted molar refractivity (Wildman–Crippen MR) is 94.9 cm³/mol. The summed E-state index contributed by atoms with van der Waals surface area (Å²) in [6, 6.07) is 9.33. The first kappa shape index (κ1) is 20.8. The number of carbonyl (C=O) groups excluding carboxylic acids is 2. The molecule has 0 aromatic heterocycles. The van der Waals surface area contributed by atoms with E-state index in [0.29, 0.717) is 17.5 Å². The molecule has 0 spiro atoms. The van der Waals surface area contributed by atoms with Crippen LogP contribution >= 0.6 is 11.6 Å². The van der Waals surface area contributed by atoms with E-state index in [0.717, 1.165) is 18.2 Å². The molecule has 4 nitrogen and oxygen atoms in total. The third-order valence-electron chi connectivity index (χ3n) is 3.68. The highest BCUT2D eigenvalue weighted by molar-refractivity contribution is 6.32. The largest absolute Gasteiger partial charge is 0.487 e. The van der Waals surface area contributed by atoms with Crippen molar-refractivity contribution in [2.75, 3.05) is 6.54 Å². The fourth-order valence-corrected chi connectivity index (χ4v) is 2.40. The van der Waals surface area contributed by atoms with E-state index in [9.17, 15) is 22.8 Å². The zero-order chi connectivity index (χ0) is 20.0. The zero-order valence-corrected chi connectivity index (χ0v) is 15.2. The van der Waals surface area contributed by atoms with Crippen molar-refractivity contribution in [3.63, 3.8) is 0 Å². The van der Waals surface area contributed by atoms with E-state index < -0.39 is 17.6 Å². The molecule has 0 unspecified atom stereocenters. The molecule has 2 rings (SSSR count). The number of nitrogens with one attached hydrogen (secondary N) is 1. The van der Waals surface area contributed by atoms with Crippen LogP contribution in [0.1, 0.15) is 34.8 Å². The van der Waals surface area contributed by atoms with Crippen LogP contribution in [0.4, 0.5) is 13.2 Å². The van der Waals surface area contributed by atoms with Crippen molar-refractivity contribution in [2.24, 2.45) is 0 Å². The maximum atomic E-state index is 12.6. The Balaban J connectivity index is 2.02. The first-order chi connectivity index (χ1) is 12.7. The van der Waals surface area contributed by atoms with Crippen LogP contribution in [0, 0.1) is 0 Å². The van der Waals surface area contributed by atoms with Gasteiger partial charge in [-0.05, 0) is 35.9 Å². The van der Waals surface area contributed by atoms with Gasteiger partial charge in [-0.3, -0.25) is 9.59 Å². The Kier molecular flexibility index (Phi) is 6.85. The lowest BCUT2D eigenvalue weighted by atomic mass is 10.1. The van der Waals surface area contributed by atoms with Gasteiger partial charge in [0.05, 0.1) is 17.1 Å². The van der Waals surface area contributed by atoms with E-state index in [1.54, 1.807) is 31.2 Å². The van der Waals surface area contributed by atoms with Gasteiger partial charge in [0, 0.05) is 12.0 Å². The van der Waals surface area contributed by atoms with Crippen molar-refractivity contribution in [1.29, 1.82) is 0 Å². The molecule has 144 valence electrons. The normalized spacial score (nSPS) is 11.1. The van der Waals surface area contributed by atoms with E-state index in [1.807, 2.05) is 0 Å². The first-order valence-electron chi connectivity index (χ1n) is 8.09. The van der Waals surface area contributed by atoms with Crippen LogP contribution in [-0.4, -0.2) is 18.2 Å². The number of benzene rings is 2. The molecular formula is C19H17ClF3NO3. The lowest BCUT2D eigenvalue weighted by Crippen LogP contribution is -2.29. The molecule has 8 heteroatoms. The second-order valence-corrected chi connectivity index (χ2v) is 6.11. The lowest BCUT2D eigenvalue weighted by molar-refractivity contribution is -0.137. The summed E-state index contributed by atoms with van der Waals surface area (Å²) in [6.45, 7) is 1.68. The Hall–Kier alpha value is -2.54. The van der Waals surface area contributed by atoms with E-state index in [1.165, 1.54) is 0 Å². The van der Waals surface area contributed by atoms with E-state index in [4.69, 9.17) is 16.3 Å². The number of alkyl halides is 3. The predicted octanol–water partition coefficient (Wildman–Crippen LogP) is 4.65. The smallest absolute Gasteiger partial charge is 0.416 e. The van der Waals surface area contributed by atoms with Crippen LogP contribution in [0.15, 0.2) is 42.5 Å². The van der Waals surface area contributed by atoms with E-state index >= 15 is 0 Å². The number of ether oxygens (including phenoxy) is 1. The Morgan fingerprint density at radius 3 is 2.52 bits per heavy atom. The summed E-state index contributed by atoms with van der Waals surface area (Å²) in [7, 11) is 0. The van der Waals surface area contributed by atoms with Gasteiger partial charge in [-0.25, -0.2) is 0 Å². The topological polar surface area (TPSA) is 55.4 Å². The van der Waals surface area contributed by atoms with Gasteiger partial charge >= 0.3 is 6.18 Å². The highest BCUT2D eigenvalue weighted by Crippen LogP contribution is 2.34. The van der Waals surface area contributed by atoms with Gasteiger partial charge in [-0.15, -0.1) is 0 Å². The highest BCUT2D eigenvalue weighted by atomic mass is 35.5. The average Bonchev–Trinajstić information content (AvgIpc) is 2.64. The fraction of sp³-hybridized carbons (Fsp3) is 0.263. The molecule has 1 N–H and O–H groups in total. The van der Waals surface area contributed by atoms with Crippen molar-refractivity contribution in [2.45, 2.75) is 26.1 Å². The number of Topliss-reactive ketones (excluding diaryl/α,β-unsaturated/α-hetero) is 1. The molecule has 0 atom stereocenters. The van der Waals surface area contributed by atoms with E-state index in [2.05, 4.69) is 5.32 Å². The van der Waals surface area contributed by atoms with Gasteiger partial charge in [-0.1, -0.05) is 30.7 Å². The number of carbonyl (C=O) groups is 2. The Bertz CT molecular complexity index is 837. The molecule has 0 radical (unpaired) electrons. The van der Waals surface area contributed by atoms with Crippen molar-refractivity contribution in [1.82, 2.24) is 5.32 Å². The van der Waals surface area contributed by atoms with Crippen LogP contribution in [0.25, 0.3) is 0 Å². The molecule has 0 heterocycles. The number of ketones is 1. The molecule has 2 aromatic carbocycles. The van der Waals surface area contributed by atoms with Gasteiger partial charge in [0.15, 0.2) is 5.78 Å². The van der Waals surface area contributed by atoms with Crippen molar-refractivity contribution in [3.05, 3.63) is 64.2 Å². The summed E-state index contributed by atoms with van der Waals surface area (Å²) in [6.07, 6.45) is -4.15. The molecule has 0 aliphatic rings. The fourth-order valence-electron chi connectivity index (χ4n) is 2.16. The summed E-state index contributed by atoms with van der Waals surface area (Å²) < 4.78 is 43.4. The zero-order valence-electron chi connectivity index (χ0n) is 14.4. The van der Waals surface area contributed by atoms with Gasteiger partial charge in [0.25, 0.3) is 5.91 Å². The standard InChI is InChI=1S/C19H17ClF3NO3/c1-2-15(25)10-24-18(26)13-5-3-4-12(8-13)11-27-17-7-6-14(9-16(17)20)19(21,22)23/h3-9H,2,10-11H2,1H3,(H,24,26). The minimum atomic E-state index is -4.48. The maximum absolute atomic E-state index is 12.6. The summed E-state index contributed by atoms with van der Waals surface area (Å²) >= 11 is 5.85. The molecule has 0 aliphatic heterocycles. The second-order valence-electron chi connectivity index (χ2n) is 5.71. The third kappa shape index (κ3) is 5.99.